The molecule has 6 nitrogen and oxygen atoms in total. The van der Waals surface area contributed by atoms with Crippen LogP contribution in [0.15, 0.2) is 62.1 Å². The third kappa shape index (κ3) is 4.38. The van der Waals surface area contributed by atoms with Gasteiger partial charge in [-0.2, -0.15) is 0 Å². The minimum absolute atomic E-state index is 0.0548. The van der Waals surface area contributed by atoms with Crippen molar-refractivity contribution in [2.75, 3.05) is 5.32 Å². The van der Waals surface area contributed by atoms with E-state index in [4.69, 9.17) is 4.42 Å². The maximum Gasteiger partial charge on any atom is 0.293 e. The van der Waals surface area contributed by atoms with Crippen LogP contribution in [0.25, 0.3) is 11.0 Å². The molecule has 0 unspecified atom stereocenters. The number of amides is 1. The van der Waals surface area contributed by atoms with Crippen LogP contribution in [0.4, 0.5) is 5.13 Å². The summed E-state index contributed by atoms with van der Waals surface area (Å²) in [5.41, 5.74) is 3.35. The number of rotatable bonds is 5. The van der Waals surface area contributed by atoms with Gasteiger partial charge in [0.2, 0.25) is 5.13 Å². The first-order valence-electron chi connectivity index (χ1n) is 8.86. The van der Waals surface area contributed by atoms with Gasteiger partial charge < -0.3 is 4.42 Å². The highest BCUT2D eigenvalue weighted by Crippen LogP contribution is 2.28. The van der Waals surface area contributed by atoms with Gasteiger partial charge in [-0.25, -0.2) is 0 Å². The van der Waals surface area contributed by atoms with Gasteiger partial charge in [-0.1, -0.05) is 65.1 Å². The molecule has 146 valence electrons. The molecule has 0 saturated carbocycles. The van der Waals surface area contributed by atoms with Gasteiger partial charge in [0.1, 0.15) is 5.58 Å². The number of hydrogen-bond acceptors (Lipinski definition) is 7. The van der Waals surface area contributed by atoms with Gasteiger partial charge in [-0.05, 0) is 31.0 Å². The highest BCUT2D eigenvalue weighted by atomic mass is 32.2. The van der Waals surface area contributed by atoms with Crippen molar-refractivity contribution in [3.8, 4) is 0 Å². The van der Waals surface area contributed by atoms with E-state index in [1.54, 1.807) is 23.9 Å². The number of carbonyl (C=O) groups is 1. The summed E-state index contributed by atoms with van der Waals surface area (Å²) in [7, 11) is 0. The zero-order valence-corrected chi connectivity index (χ0v) is 17.4. The van der Waals surface area contributed by atoms with E-state index in [2.05, 4.69) is 46.7 Å². The van der Waals surface area contributed by atoms with E-state index >= 15 is 0 Å². The molecule has 4 rings (SSSR count). The zero-order valence-electron chi connectivity index (χ0n) is 15.8. The fourth-order valence-corrected chi connectivity index (χ4v) is 4.44. The van der Waals surface area contributed by atoms with Gasteiger partial charge in [0, 0.05) is 11.8 Å². The number of aromatic nitrogens is 2. The lowest BCUT2D eigenvalue weighted by Gasteiger charge is -2.04. The Labute approximate surface area is 175 Å². The van der Waals surface area contributed by atoms with Crippen LogP contribution in [-0.2, 0) is 5.75 Å². The van der Waals surface area contributed by atoms with Crippen LogP contribution < -0.4 is 10.7 Å². The van der Waals surface area contributed by atoms with Crippen molar-refractivity contribution in [1.29, 1.82) is 0 Å². The van der Waals surface area contributed by atoms with Crippen molar-refractivity contribution in [3.05, 3.63) is 81.2 Å². The van der Waals surface area contributed by atoms with Gasteiger partial charge in [0.25, 0.3) is 5.91 Å². The van der Waals surface area contributed by atoms with E-state index in [1.165, 1.54) is 28.5 Å². The predicted octanol–water partition coefficient (Wildman–Crippen LogP) is 4.81. The SMILES string of the molecule is Cc1ccc(CSc2nnc(NC(=O)c3cc(=O)c4cccc(C)c4o3)s2)cc1. The summed E-state index contributed by atoms with van der Waals surface area (Å²) in [6, 6.07) is 14.8. The zero-order chi connectivity index (χ0) is 20.4. The van der Waals surface area contributed by atoms with E-state index in [1.807, 2.05) is 13.0 Å². The Balaban J connectivity index is 1.46. The molecule has 1 N–H and O–H groups in total. The molecule has 0 atom stereocenters. The molecular formula is C21H17N3O3S2. The summed E-state index contributed by atoms with van der Waals surface area (Å²) in [5, 5.41) is 11.6. The lowest BCUT2D eigenvalue weighted by atomic mass is 10.1. The maximum atomic E-state index is 12.5. The Kier molecular flexibility index (Phi) is 5.46. The average Bonchev–Trinajstić information content (AvgIpc) is 3.15. The molecule has 2 aromatic heterocycles. The second-order valence-electron chi connectivity index (χ2n) is 6.53. The Morgan fingerprint density at radius 3 is 2.72 bits per heavy atom. The van der Waals surface area contributed by atoms with E-state index in [-0.39, 0.29) is 11.2 Å². The van der Waals surface area contributed by atoms with Crippen LogP contribution >= 0.6 is 23.1 Å². The minimum atomic E-state index is -0.529. The number of nitrogens with zero attached hydrogens (tertiary/aromatic N) is 2. The van der Waals surface area contributed by atoms with Crippen LogP contribution in [0.5, 0.6) is 0 Å². The van der Waals surface area contributed by atoms with Crippen molar-refractivity contribution < 1.29 is 9.21 Å². The fraction of sp³-hybridized carbons (Fsp3) is 0.143. The minimum Gasteiger partial charge on any atom is -0.450 e. The van der Waals surface area contributed by atoms with Crippen molar-refractivity contribution in [1.82, 2.24) is 10.2 Å². The van der Waals surface area contributed by atoms with Crippen molar-refractivity contribution >= 4 is 45.1 Å². The smallest absolute Gasteiger partial charge is 0.293 e. The molecule has 0 saturated heterocycles. The lowest BCUT2D eigenvalue weighted by Crippen LogP contribution is -2.15. The van der Waals surface area contributed by atoms with E-state index in [9.17, 15) is 9.59 Å². The van der Waals surface area contributed by atoms with Crippen LogP contribution in [0.1, 0.15) is 27.2 Å². The standard InChI is InChI=1S/C21H17N3O3S2/c1-12-6-8-14(9-7-12)11-28-21-24-23-20(29-21)22-19(26)17-10-16(25)15-5-3-4-13(2)18(15)27-17/h3-10H,11H2,1-2H3,(H,22,23,26). The monoisotopic (exact) mass is 423 g/mol. The van der Waals surface area contributed by atoms with E-state index in [0.717, 1.165) is 15.7 Å². The Morgan fingerprint density at radius 1 is 1.14 bits per heavy atom. The lowest BCUT2D eigenvalue weighted by molar-refractivity contribution is 0.0997. The quantitative estimate of drug-likeness (QED) is 0.366. The fourth-order valence-electron chi connectivity index (χ4n) is 2.74. The number of benzene rings is 2. The number of fused-ring (bicyclic) bond motifs is 1. The first kappa shape index (κ1) is 19.4. The summed E-state index contributed by atoms with van der Waals surface area (Å²) >= 11 is 2.83. The van der Waals surface area contributed by atoms with Gasteiger partial charge in [0.05, 0.1) is 5.39 Å². The summed E-state index contributed by atoms with van der Waals surface area (Å²) < 4.78 is 6.42. The van der Waals surface area contributed by atoms with Gasteiger partial charge >= 0.3 is 0 Å². The van der Waals surface area contributed by atoms with Gasteiger partial charge in [0.15, 0.2) is 15.5 Å². The molecule has 0 radical (unpaired) electrons. The van der Waals surface area contributed by atoms with Crippen molar-refractivity contribution in [3.63, 3.8) is 0 Å². The molecule has 8 heteroatoms. The number of para-hydroxylation sites is 1. The van der Waals surface area contributed by atoms with E-state index in [0.29, 0.717) is 16.1 Å². The van der Waals surface area contributed by atoms with E-state index < -0.39 is 5.91 Å². The number of carbonyl (C=O) groups excluding carboxylic acids is 1. The molecule has 0 aliphatic carbocycles. The van der Waals surface area contributed by atoms with Crippen LogP contribution in [0, 0.1) is 13.8 Å². The third-order valence-electron chi connectivity index (χ3n) is 4.29. The molecule has 29 heavy (non-hydrogen) atoms. The number of hydrogen-bond donors (Lipinski definition) is 1. The highest BCUT2D eigenvalue weighted by Gasteiger charge is 2.16. The number of anilines is 1. The first-order chi connectivity index (χ1) is 14.0. The molecule has 2 heterocycles. The summed E-state index contributed by atoms with van der Waals surface area (Å²) in [4.78, 5) is 24.8. The first-order valence-corrected chi connectivity index (χ1v) is 10.7. The second kappa shape index (κ2) is 8.18. The molecule has 0 fully saturated rings. The normalized spacial score (nSPS) is 11.0. The number of thioether (sulfide) groups is 1. The highest BCUT2D eigenvalue weighted by molar-refractivity contribution is 8.00. The summed E-state index contributed by atoms with van der Waals surface area (Å²) in [5.74, 6) is 0.182. The maximum absolute atomic E-state index is 12.5. The molecule has 0 aliphatic heterocycles. The predicted molar refractivity (Wildman–Crippen MR) is 116 cm³/mol. The van der Waals surface area contributed by atoms with Gasteiger partial charge in [-0.15, -0.1) is 10.2 Å². The van der Waals surface area contributed by atoms with Crippen molar-refractivity contribution in [2.24, 2.45) is 0 Å². The molecule has 1 amide bonds. The largest absolute Gasteiger partial charge is 0.450 e. The second-order valence-corrected chi connectivity index (χ2v) is 8.73. The third-order valence-corrected chi connectivity index (χ3v) is 6.33. The van der Waals surface area contributed by atoms with Crippen LogP contribution in [-0.4, -0.2) is 16.1 Å². The van der Waals surface area contributed by atoms with Crippen molar-refractivity contribution in [2.45, 2.75) is 23.9 Å². The molecule has 0 spiro atoms. The molecule has 0 bridgehead atoms. The summed E-state index contributed by atoms with van der Waals surface area (Å²) in [6.45, 7) is 3.88. The van der Waals surface area contributed by atoms with Gasteiger partial charge in [-0.3, -0.25) is 14.9 Å². The molecule has 2 aromatic carbocycles. The van der Waals surface area contributed by atoms with Crippen LogP contribution in [0.2, 0.25) is 0 Å². The molecule has 0 aliphatic rings. The Bertz CT molecular complexity index is 1250. The number of aryl methyl sites for hydroxylation is 2. The van der Waals surface area contributed by atoms with Crippen LogP contribution in [0.3, 0.4) is 0 Å². The average molecular weight is 424 g/mol. The topological polar surface area (TPSA) is 85.1 Å². The number of nitrogens with one attached hydrogen (secondary N) is 1. The summed E-state index contributed by atoms with van der Waals surface area (Å²) in [6.07, 6.45) is 0. The molecular weight excluding hydrogens is 406 g/mol. The Hall–Kier alpha value is -2.97. The molecule has 4 aromatic rings. The Morgan fingerprint density at radius 2 is 1.93 bits per heavy atom.